The molecule has 0 fully saturated rings. The zero-order valence-electron chi connectivity index (χ0n) is 14.1. The highest BCUT2D eigenvalue weighted by Gasteiger charge is 2.24. The lowest BCUT2D eigenvalue weighted by Crippen LogP contribution is -2.15. The highest BCUT2D eigenvalue weighted by molar-refractivity contribution is 5.81. The average molecular weight is 340 g/mol. The molecule has 0 saturated carbocycles. The van der Waals surface area contributed by atoms with Crippen molar-refractivity contribution >= 4 is 5.97 Å². The molecule has 25 heavy (non-hydrogen) atoms. The van der Waals surface area contributed by atoms with E-state index in [0.717, 1.165) is 16.8 Å². The summed E-state index contributed by atoms with van der Waals surface area (Å²) in [5, 5.41) is 23.0. The van der Waals surface area contributed by atoms with Crippen molar-refractivity contribution in [2.45, 2.75) is 26.4 Å². The minimum Gasteiger partial charge on any atom is -0.480 e. The van der Waals surface area contributed by atoms with E-state index in [-0.39, 0.29) is 6.61 Å². The van der Waals surface area contributed by atoms with Crippen LogP contribution in [0.4, 0.5) is 0 Å². The van der Waals surface area contributed by atoms with Gasteiger partial charge in [0.05, 0.1) is 36.6 Å². The Morgan fingerprint density at radius 2 is 2.00 bits per heavy atom. The van der Waals surface area contributed by atoms with Crippen LogP contribution in [-0.4, -0.2) is 42.1 Å². The minimum absolute atomic E-state index is 0.0170. The number of carbonyl (C=O) groups is 1. The number of hydrogen-bond acceptors (Lipinski definition) is 4. The number of aliphatic hydroxyl groups excluding tert-OH is 1. The van der Waals surface area contributed by atoms with E-state index in [1.165, 1.54) is 0 Å². The second-order valence-corrected chi connectivity index (χ2v) is 5.84. The normalized spacial score (nSPS) is 12.3. The second-order valence-electron chi connectivity index (χ2n) is 5.84. The van der Waals surface area contributed by atoms with Crippen molar-refractivity contribution in [1.82, 2.24) is 19.3 Å². The van der Waals surface area contributed by atoms with Gasteiger partial charge in [0, 0.05) is 17.3 Å². The van der Waals surface area contributed by atoms with Crippen molar-refractivity contribution in [3.8, 4) is 22.5 Å². The number of aliphatic carboxylic acids is 1. The standard InChI is InChI=1S/C18H20N4O3/c1-12-15(10-21(20-12)8-9-23)17-16(14-6-4-3-5-7-14)19-11-22(17)13(2)18(24)25/h3-7,10-11,13,23H,8-9H2,1-2H3,(H,24,25)/t13-/m0/s1. The third kappa shape index (κ3) is 3.18. The van der Waals surface area contributed by atoms with Crippen molar-refractivity contribution < 1.29 is 15.0 Å². The molecule has 0 spiro atoms. The summed E-state index contributed by atoms with van der Waals surface area (Å²) in [4.78, 5) is 16.0. The number of benzene rings is 1. The molecule has 0 unspecified atom stereocenters. The summed E-state index contributed by atoms with van der Waals surface area (Å²) in [5.41, 5.74) is 3.88. The zero-order valence-corrected chi connectivity index (χ0v) is 14.1. The van der Waals surface area contributed by atoms with Crippen LogP contribution >= 0.6 is 0 Å². The molecule has 0 saturated heterocycles. The molecule has 3 rings (SSSR count). The van der Waals surface area contributed by atoms with Crippen molar-refractivity contribution in [3.05, 3.63) is 48.5 Å². The third-order valence-corrected chi connectivity index (χ3v) is 4.15. The molecule has 1 aromatic carbocycles. The highest BCUT2D eigenvalue weighted by Crippen LogP contribution is 2.34. The smallest absolute Gasteiger partial charge is 0.326 e. The number of imidazole rings is 1. The van der Waals surface area contributed by atoms with Gasteiger partial charge >= 0.3 is 5.97 Å². The first-order valence-corrected chi connectivity index (χ1v) is 8.03. The van der Waals surface area contributed by atoms with Crippen LogP contribution < -0.4 is 0 Å². The van der Waals surface area contributed by atoms with Crippen LogP contribution in [0.1, 0.15) is 18.7 Å². The van der Waals surface area contributed by atoms with E-state index < -0.39 is 12.0 Å². The maximum absolute atomic E-state index is 11.5. The molecule has 130 valence electrons. The molecule has 0 aliphatic carbocycles. The first-order valence-electron chi connectivity index (χ1n) is 8.03. The molecular weight excluding hydrogens is 320 g/mol. The molecule has 2 N–H and O–H groups in total. The van der Waals surface area contributed by atoms with Gasteiger partial charge in [0.2, 0.25) is 0 Å². The topological polar surface area (TPSA) is 93.2 Å². The first-order chi connectivity index (χ1) is 12.0. The Morgan fingerprint density at radius 3 is 2.64 bits per heavy atom. The Morgan fingerprint density at radius 1 is 1.28 bits per heavy atom. The van der Waals surface area contributed by atoms with Crippen molar-refractivity contribution in [2.75, 3.05) is 6.61 Å². The predicted octanol–water partition coefficient (Wildman–Crippen LogP) is 2.36. The van der Waals surface area contributed by atoms with Crippen LogP contribution in [0.15, 0.2) is 42.9 Å². The maximum Gasteiger partial charge on any atom is 0.326 e. The number of aromatic nitrogens is 4. The fourth-order valence-corrected chi connectivity index (χ4v) is 2.81. The Bertz CT molecular complexity index is 883. The molecule has 0 bridgehead atoms. The van der Waals surface area contributed by atoms with Gasteiger partial charge in [0.25, 0.3) is 0 Å². The van der Waals surface area contributed by atoms with Crippen molar-refractivity contribution in [2.24, 2.45) is 0 Å². The summed E-state index contributed by atoms with van der Waals surface area (Å²) in [5.74, 6) is -0.932. The minimum atomic E-state index is -0.932. The molecule has 2 aromatic heterocycles. The van der Waals surface area contributed by atoms with Gasteiger partial charge in [-0.1, -0.05) is 30.3 Å². The number of hydrogen-bond donors (Lipinski definition) is 2. The van der Waals surface area contributed by atoms with Crippen molar-refractivity contribution in [3.63, 3.8) is 0 Å². The van der Waals surface area contributed by atoms with Crippen LogP contribution in [0.25, 0.3) is 22.5 Å². The van der Waals surface area contributed by atoms with Crippen molar-refractivity contribution in [1.29, 1.82) is 0 Å². The largest absolute Gasteiger partial charge is 0.480 e. The van der Waals surface area contributed by atoms with E-state index in [1.54, 1.807) is 22.5 Å². The van der Waals surface area contributed by atoms with Gasteiger partial charge in [0.1, 0.15) is 6.04 Å². The molecule has 2 heterocycles. The van der Waals surface area contributed by atoms with Gasteiger partial charge in [-0.25, -0.2) is 9.78 Å². The van der Waals surface area contributed by atoms with Gasteiger partial charge in [-0.05, 0) is 13.8 Å². The van der Waals surface area contributed by atoms with Gasteiger partial charge in [-0.15, -0.1) is 0 Å². The molecule has 3 aromatic rings. The fourth-order valence-electron chi connectivity index (χ4n) is 2.81. The van der Waals surface area contributed by atoms with Gasteiger partial charge in [-0.3, -0.25) is 4.68 Å². The van der Waals surface area contributed by atoms with Crippen LogP contribution in [0.5, 0.6) is 0 Å². The number of aliphatic hydroxyl groups is 1. The average Bonchev–Trinajstić information content (AvgIpc) is 3.18. The number of rotatable bonds is 6. The predicted molar refractivity (Wildman–Crippen MR) is 93.1 cm³/mol. The Balaban J connectivity index is 2.21. The third-order valence-electron chi connectivity index (χ3n) is 4.15. The van der Waals surface area contributed by atoms with E-state index in [2.05, 4.69) is 10.1 Å². The van der Waals surface area contributed by atoms with E-state index in [9.17, 15) is 9.90 Å². The summed E-state index contributed by atoms with van der Waals surface area (Å²) in [7, 11) is 0. The summed E-state index contributed by atoms with van der Waals surface area (Å²) in [6.07, 6.45) is 3.37. The van der Waals surface area contributed by atoms with E-state index in [1.807, 2.05) is 43.5 Å². The monoisotopic (exact) mass is 340 g/mol. The molecular formula is C18H20N4O3. The fraction of sp³-hybridized carbons (Fsp3) is 0.278. The maximum atomic E-state index is 11.5. The molecule has 0 amide bonds. The molecule has 0 aliphatic heterocycles. The van der Waals surface area contributed by atoms with E-state index in [0.29, 0.717) is 17.9 Å². The second kappa shape index (κ2) is 6.90. The highest BCUT2D eigenvalue weighted by atomic mass is 16.4. The quantitative estimate of drug-likeness (QED) is 0.718. The molecule has 1 atom stereocenters. The molecule has 7 heteroatoms. The molecule has 7 nitrogen and oxygen atoms in total. The number of carboxylic acids is 1. The van der Waals surface area contributed by atoms with Crippen LogP contribution in [0, 0.1) is 6.92 Å². The van der Waals surface area contributed by atoms with Crippen LogP contribution in [-0.2, 0) is 11.3 Å². The summed E-state index contributed by atoms with van der Waals surface area (Å²) >= 11 is 0. The van der Waals surface area contributed by atoms with Gasteiger partial charge < -0.3 is 14.8 Å². The first kappa shape index (κ1) is 16.9. The lowest BCUT2D eigenvalue weighted by Gasteiger charge is -2.13. The van der Waals surface area contributed by atoms with Gasteiger partial charge in [-0.2, -0.15) is 5.10 Å². The Hall–Kier alpha value is -2.93. The lowest BCUT2D eigenvalue weighted by molar-refractivity contribution is -0.140. The van der Waals surface area contributed by atoms with E-state index >= 15 is 0 Å². The number of aryl methyl sites for hydroxylation is 1. The Kier molecular flexibility index (Phi) is 4.67. The molecule has 0 radical (unpaired) electrons. The number of nitrogens with zero attached hydrogens (tertiary/aromatic N) is 4. The zero-order chi connectivity index (χ0) is 18.0. The van der Waals surface area contributed by atoms with E-state index in [4.69, 9.17) is 5.11 Å². The summed E-state index contributed by atoms with van der Waals surface area (Å²) in [6.45, 7) is 3.84. The van der Waals surface area contributed by atoms with Crippen LogP contribution in [0.2, 0.25) is 0 Å². The van der Waals surface area contributed by atoms with Crippen LogP contribution in [0.3, 0.4) is 0 Å². The molecule has 0 aliphatic rings. The SMILES string of the molecule is Cc1nn(CCO)cc1-c1c(-c2ccccc2)ncn1[C@@H](C)C(=O)O. The van der Waals surface area contributed by atoms with Gasteiger partial charge in [0.15, 0.2) is 0 Å². The number of carboxylic acid groups (broad SMARTS) is 1. The lowest BCUT2D eigenvalue weighted by atomic mass is 10.0. The summed E-state index contributed by atoms with van der Waals surface area (Å²) < 4.78 is 3.31. The Labute approximate surface area is 145 Å². The summed E-state index contributed by atoms with van der Waals surface area (Å²) in [6, 6.07) is 8.87.